The van der Waals surface area contributed by atoms with Crippen molar-refractivity contribution < 1.29 is 5.11 Å². The molecule has 112 valence electrons. The van der Waals surface area contributed by atoms with Crippen LogP contribution in [-0.4, -0.2) is 66.5 Å². The van der Waals surface area contributed by atoms with Gasteiger partial charge in [-0.15, -0.1) is 12.3 Å². The van der Waals surface area contributed by atoms with Gasteiger partial charge >= 0.3 is 0 Å². The molecule has 4 heteroatoms. The maximum atomic E-state index is 8.93. The predicted octanol–water partition coefficient (Wildman–Crippen LogP) is 1.37. The monoisotopic (exact) mass is 277 g/mol. The molecule has 1 N–H and O–H groups in total. The first kappa shape index (κ1) is 16.9. The number of β-amino-alcohol motifs (C(OH)–C–C–N with tert-alkyl or cyclic N) is 1. The Balaban J connectivity index is 2.39. The molecule has 20 heavy (non-hydrogen) atoms. The van der Waals surface area contributed by atoms with Gasteiger partial charge in [0.1, 0.15) is 0 Å². The summed E-state index contributed by atoms with van der Waals surface area (Å²) in [6.45, 7) is 10.4. The zero-order chi connectivity index (χ0) is 14.8. The van der Waals surface area contributed by atoms with Gasteiger partial charge in [-0.3, -0.25) is 14.8 Å². The number of aliphatic hydroxyl groups is 1. The summed E-state index contributed by atoms with van der Waals surface area (Å²) < 4.78 is 0. The SMILES string of the molecule is C#CCC(CC)=N/C=C(\C)CN1CCN(CCO)CC1. The Kier molecular flexibility index (Phi) is 8.20. The molecule has 0 unspecified atom stereocenters. The third-order valence-electron chi connectivity index (χ3n) is 3.54. The van der Waals surface area contributed by atoms with E-state index < -0.39 is 0 Å². The quantitative estimate of drug-likeness (QED) is 0.564. The van der Waals surface area contributed by atoms with Gasteiger partial charge in [0.25, 0.3) is 0 Å². The number of aliphatic imine (C=N–C) groups is 1. The third kappa shape index (κ3) is 6.33. The highest BCUT2D eigenvalue weighted by molar-refractivity contribution is 5.86. The fraction of sp³-hybridized carbons (Fsp3) is 0.688. The van der Waals surface area contributed by atoms with Gasteiger partial charge in [0.05, 0.1) is 6.61 Å². The van der Waals surface area contributed by atoms with Crippen molar-refractivity contribution in [3.05, 3.63) is 11.8 Å². The summed E-state index contributed by atoms with van der Waals surface area (Å²) >= 11 is 0. The maximum absolute atomic E-state index is 8.93. The fourth-order valence-corrected chi connectivity index (χ4v) is 2.29. The minimum Gasteiger partial charge on any atom is -0.395 e. The second-order valence-electron chi connectivity index (χ2n) is 5.25. The average molecular weight is 277 g/mol. The van der Waals surface area contributed by atoms with Crippen molar-refractivity contribution in [2.45, 2.75) is 26.7 Å². The lowest BCUT2D eigenvalue weighted by Crippen LogP contribution is -2.47. The van der Waals surface area contributed by atoms with Gasteiger partial charge in [0.2, 0.25) is 0 Å². The molecule has 1 saturated heterocycles. The Morgan fingerprint density at radius 1 is 1.30 bits per heavy atom. The molecular weight excluding hydrogens is 250 g/mol. The van der Waals surface area contributed by atoms with E-state index in [2.05, 4.69) is 34.6 Å². The van der Waals surface area contributed by atoms with Gasteiger partial charge in [-0.05, 0) is 18.9 Å². The van der Waals surface area contributed by atoms with Gasteiger partial charge in [-0.2, -0.15) is 0 Å². The van der Waals surface area contributed by atoms with Crippen LogP contribution in [0, 0.1) is 12.3 Å². The summed E-state index contributed by atoms with van der Waals surface area (Å²) in [4.78, 5) is 9.22. The molecular formula is C16H27N3O. The van der Waals surface area contributed by atoms with Crippen molar-refractivity contribution in [2.24, 2.45) is 4.99 Å². The fourth-order valence-electron chi connectivity index (χ4n) is 2.29. The molecule has 0 amide bonds. The molecule has 1 fully saturated rings. The number of aliphatic hydroxyl groups excluding tert-OH is 1. The molecule has 0 aliphatic carbocycles. The summed E-state index contributed by atoms with van der Waals surface area (Å²) in [6, 6.07) is 0. The number of piperazine rings is 1. The van der Waals surface area contributed by atoms with Gasteiger partial charge in [-0.1, -0.05) is 6.92 Å². The summed E-state index contributed by atoms with van der Waals surface area (Å²) in [5, 5.41) is 8.93. The summed E-state index contributed by atoms with van der Waals surface area (Å²) in [5.74, 6) is 2.64. The van der Waals surface area contributed by atoms with Crippen LogP contribution in [-0.2, 0) is 0 Å². The van der Waals surface area contributed by atoms with E-state index in [9.17, 15) is 0 Å². The minimum atomic E-state index is 0.253. The Morgan fingerprint density at radius 2 is 1.95 bits per heavy atom. The van der Waals surface area contributed by atoms with Crippen molar-refractivity contribution >= 4 is 5.71 Å². The molecule has 4 nitrogen and oxygen atoms in total. The van der Waals surface area contributed by atoms with E-state index in [0.717, 1.165) is 51.4 Å². The van der Waals surface area contributed by atoms with Gasteiger partial charge < -0.3 is 5.11 Å². The second kappa shape index (κ2) is 9.71. The molecule has 1 rings (SSSR count). The third-order valence-corrected chi connectivity index (χ3v) is 3.54. The lowest BCUT2D eigenvalue weighted by atomic mass is 10.2. The Morgan fingerprint density at radius 3 is 2.50 bits per heavy atom. The van der Waals surface area contributed by atoms with Crippen molar-refractivity contribution in [2.75, 3.05) is 45.9 Å². The van der Waals surface area contributed by atoms with Crippen LogP contribution in [0.15, 0.2) is 16.8 Å². The van der Waals surface area contributed by atoms with Crippen molar-refractivity contribution in [1.29, 1.82) is 0 Å². The summed E-state index contributed by atoms with van der Waals surface area (Å²) in [7, 11) is 0. The zero-order valence-corrected chi connectivity index (χ0v) is 12.8. The highest BCUT2D eigenvalue weighted by atomic mass is 16.3. The molecule has 0 radical (unpaired) electrons. The number of rotatable bonds is 7. The lowest BCUT2D eigenvalue weighted by molar-refractivity contribution is 0.118. The smallest absolute Gasteiger partial charge is 0.0558 e. The molecule has 0 spiro atoms. The van der Waals surface area contributed by atoms with E-state index in [4.69, 9.17) is 11.5 Å². The number of hydrogen-bond donors (Lipinski definition) is 1. The topological polar surface area (TPSA) is 39.1 Å². The molecule has 0 bridgehead atoms. The van der Waals surface area contributed by atoms with Crippen LogP contribution in [0.1, 0.15) is 26.7 Å². The van der Waals surface area contributed by atoms with Crippen molar-refractivity contribution in [3.63, 3.8) is 0 Å². The van der Waals surface area contributed by atoms with E-state index in [-0.39, 0.29) is 6.61 Å². The van der Waals surface area contributed by atoms with Gasteiger partial charge in [0, 0.05) is 57.6 Å². The zero-order valence-electron chi connectivity index (χ0n) is 12.8. The van der Waals surface area contributed by atoms with Crippen LogP contribution in [0.4, 0.5) is 0 Å². The minimum absolute atomic E-state index is 0.253. The Bertz CT molecular complexity index is 374. The summed E-state index contributed by atoms with van der Waals surface area (Å²) in [5.41, 5.74) is 2.34. The Hall–Kier alpha value is -1.15. The van der Waals surface area contributed by atoms with Gasteiger partial charge in [-0.25, -0.2) is 0 Å². The molecule has 0 saturated carbocycles. The largest absolute Gasteiger partial charge is 0.395 e. The summed E-state index contributed by atoms with van der Waals surface area (Å²) in [6.07, 6.45) is 8.82. The highest BCUT2D eigenvalue weighted by Gasteiger charge is 2.15. The molecule has 1 heterocycles. The predicted molar refractivity (Wildman–Crippen MR) is 84.9 cm³/mol. The maximum Gasteiger partial charge on any atom is 0.0558 e. The van der Waals surface area contributed by atoms with Gasteiger partial charge in [0.15, 0.2) is 0 Å². The lowest BCUT2D eigenvalue weighted by Gasteiger charge is -2.34. The standard InChI is InChI=1S/C16H27N3O/c1-4-6-16(5-2)17-13-15(3)14-19-9-7-18(8-10-19)11-12-20/h1,13,20H,5-12,14H2,2-3H3/b15-13+,17-16?. The molecule has 0 aromatic carbocycles. The first-order chi connectivity index (χ1) is 9.69. The van der Waals surface area contributed by atoms with Crippen LogP contribution in [0.5, 0.6) is 0 Å². The van der Waals surface area contributed by atoms with Crippen LogP contribution in [0.2, 0.25) is 0 Å². The van der Waals surface area contributed by atoms with Crippen molar-refractivity contribution in [3.8, 4) is 12.3 Å². The van der Waals surface area contributed by atoms with E-state index in [1.165, 1.54) is 5.57 Å². The van der Waals surface area contributed by atoms with Crippen LogP contribution in [0.25, 0.3) is 0 Å². The van der Waals surface area contributed by atoms with Crippen molar-refractivity contribution in [1.82, 2.24) is 9.80 Å². The number of terminal acetylenes is 1. The van der Waals surface area contributed by atoms with E-state index >= 15 is 0 Å². The highest BCUT2D eigenvalue weighted by Crippen LogP contribution is 2.05. The van der Waals surface area contributed by atoms with E-state index in [0.29, 0.717) is 6.42 Å². The van der Waals surface area contributed by atoms with Crippen LogP contribution in [0.3, 0.4) is 0 Å². The second-order valence-corrected chi connectivity index (χ2v) is 5.25. The first-order valence-electron chi connectivity index (χ1n) is 7.39. The molecule has 1 aliphatic heterocycles. The first-order valence-corrected chi connectivity index (χ1v) is 7.39. The number of nitrogens with zero attached hydrogens (tertiary/aromatic N) is 3. The molecule has 0 aromatic rings. The molecule has 0 aromatic heterocycles. The number of hydrogen-bond acceptors (Lipinski definition) is 4. The molecule has 1 aliphatic rings. The average Bonchev–Trinajstić information content (AvgIpc) is 2.46. The van der Waals surface area contributed by atoms with Crippen LogP contribution >= 0.6 is 0 Å². The normalized spacial score (nSPS) is 19.1. The van der Waals surface area contributed by atoms with E-state index in [1.807, 2.05) is 6.20 Å². The molecule has 0 atom stereocenters. The Labute approximate surface area is 123 Å². The van der Waals surface area contributed by atoms with Crippen LogP contribution < -0.4 is 0 Å². The van der Waals surface area contributed by atoms with E-state index in [1.54, 1.807) is 0 Å².